The highest BCUT2D eigenvalue weighted by molar-refractivity contribution is 7.90. The van der Waals surface area contributed by atoms with Gasteiger partial charge >= 0.3 is 5.97 Å². The first kappa shape index (κ1) is 15.5. The molecule has 0 saturated carbocycles. The van der Waals surface area contributed by atoms with E-state index in [1.54, 1.807) is 36.4 Å². The van der Waals surface area contributed by atoms with Crippen LogP contribution in [0, 0.1) is 0 Å². The minimum atomic E-state index is -3.31. The number of hydrogen-bond acceptors (Lipinski definition) is 5. The molecule has 0 spiro atoms. The zero-order valence-corrected chi connectivity index (χ0v) is 13.9. The van der Waals surface area contributed by atoms with Crippen molar-refractivity contribution in [1.82, 2.24) is 9.97 Å². The van der Waals surface area contributed by atoms with Crippen molar-refractivity contribution < 1.29 is 18.3 Å². The van der Waals surface area contributed by atoms with Crippen LogP contribution in [0.3, 0.4) is 0 Å². The van der Waals surface area contributed by atoms with Crippen molar-refractivity contribution in [2.45, 2.75) is 4.90 Å². The van der Waals surface area contributed by atoms with Gasteiger partial charge in [0.1, 0.15) is 5.52 Å². The van der Waals surface area contributed by atoms with Crippen LogP contribution in [0.2, 0.25) is 0 Å². The lowest BCUT2D eigenvalue weighted by Crippen LogP contribution is -2.00. The fourth-order valence-corrected chi connectivity index (χ4v) is 3.53. The maximum Gasteiger partial charge on any atom is 0.337 e. The summed E-state index contributed by atoms with van der Waals surface area (Å²) < 4.78 is 23.5. The van der Waals surface area contributed by atoms with Crippen LogP contribution in [-0.2, 0) is 9.84 Å². The largest absolute Gasteiger partial charge is 0.478 e. The van der Waals surface area contributed by atoms with Crippen LogP contribution >= 0.6 is 0 Å². The topological polar surface area (TPSA) is 97.2 Å². The lowest BCUT2D eigenvalue weighted by atomic mass is 10.1. The van der Waals surface area contributed by atoms with Crippen molar-refractivity contribution >= 4 is 48.6 Å². The molecule has 0 atom stereocenters. The molecule has 0 fully saturated rings. The molecule has 0 unspecified atom stereocenters. The van der Waals surface area contributed by atoms with Crippen molar-refractivity contribution in [3.63, 3.8) is 0 Å². The van der Waals surface area contributed by atoms with Gasteiger partial charge in [-0.25, -0.2) is 23.2 Å². The van der Waals surface area contributed by atoms with Crippen molar-refractivity contribution in [2.24, 2.45) is 0 Å². The number of carboxylic acids is 1. The number of carbonyl (C=O) groups is 1. The summed E-state index contributed by atoms with van der Waals surface area (Å²) in [5.74, 6) is -1.07. The first-order chi connectivity index (χ1) is 11.8. The summed E-state index contributed by atoms with van der Waals surface area (Å²) in [7, 11) is -3.31. The molecule has 1 heterocycles. The second-order valence-electron chi connectivity index (χ2n) is 5.79. The summed E-state index contributed by atoms with van der Waals surface area (Å²) in [4.78, 5) is 20.7. The number of nitrogens with zero attached hydrogens (tertiary/aromatic N) is 2. The number of rotatable bonds is 2. The third-order valence-corrected chi connectivity index (χ3v) is 5.19. The van der Waals surface area contributed by atoms with Gasteiger partial charge in [0.05, 0.1) is 27.0 Å². The molecule has 0 aliphatic rings. The van der Waals surface area contributed by atoms with E-state index >= 15 is 0 Å². The Morgan fingerprint density at radius 3 is 2.44 bits per heavy atom. The second-order valence-corrected chi connectivity index (χ2v) is 7.81. The number of carboxylic acid groups (broad SMARTS) is 1. The normalized spacial score (nSPS) is 12.0. The molecule has 0 radical (unpaired) electrons. The molecule has 7 heteroatoms. The van der Waals surface area contributed by atoms with Crippen LogP contribution in [-0.4, -0.2) is 35.7 Å². The lowest BCUT2D eigenvalue weighted by Gasteiger charge is -2.07. The van der Waals surface area contributed by atoms with Gasteiger partial charge in [0, 0.05) is 11.6 Å². The Kier molecular flexibility index (Phi) is 3.23. The molecule has 124 valence electrons. The summed E-state index contributed by atoms with van der Waals surface area (Å²) in [6, 6.07) is 13.1. The molecule has 1 N–H and O–H groups in total. The number of benzene rings is 3. The number of para-hydroxylation sites is 1. The van der Waals surface area contributed by atoms with Gasteiger partial charge in [-0.2, -0.15) is 0 Å². The van der Waals surface area contributed by atoms with E-state index in [9.17, 15) is 18.3 Å². The van der Waals surface area contributed by atoms with Gasteiger partial charge in [-0.05, 0) is 35.7 Å². The molecule has 0 amide bonds. The van der Waals surface area contributed by atoms with E-state index in [0.717, 1.165) is 11.6 Å². The first-order valence-corrected chi connectivity index (χ1v) is 9.30. The van der Waals surface area contributed by atoms with E-state index in [4.69, 9.17) is 0 Å². The molecule has 0 aliphatic heterocycles. The molecule has 0 saturated heterocycles. The molecule has 6 nitrogen and oxygen atoms in total. The smallest absolute Gasteiger partial charge is 0.337 e. The Balaban J connectivity index is 2.12. The Morgan fingerprint density at radius 2 is 1.72 bits per heavy atom. The first-order valence-electron chi connectivity index (χ1n) is 7.41. The van der Waals surface area contributed by atoms with Gasteiger partial charge < -0.3 is 5.11 Å². The SMILES string of the molecule is CS(=O)(=O)c1ccc2c(ccc3nc4cccc(C(=O)O)c4nc32)c1. The molecular weight excluding hydrogens is 340 g/mol. The quantitative estimate of drug-likeness (QED) is 0.440. The Hall–Kier alpha value is -3.06. The van der Waals surface area contributed by atoms with E-state index in [2.05, 4.69) is 9.97 Å². The average molecular weight is 352 g/mol. The minimum Gasteiger partial charge on any atom is -0.478 e. The standard InChI is InChI=1S/C18H12N2O4S/c1-25(23,24)11-6-7-12-10(9-11)5-8-15-16(12)20-17-13(18(21)22)3-2-4-14(17)19-15/h2-9H,1H3,(H,21,22). The third kappa shape index (κ3) is 2.49. The Morgan fingerprint density at radius 1 is 0.960 bits per heavy atom. The van der Waals surface area contributed by atoms with Gasteiger partial charge in [0.25, 0.3) is 0 Å². The van der Waals surface area contributed by atoms with E-state index in [0.29, 0.717) is 27.5 Å². The van der Waals surface area contributed by atoms with E-state index < -0.39 is 15.8 Å². The van der Waals surface area contributed by atoms with Gasteiger partial charge in [-0.1, -0.05) is 18.2 Å². The zero-order chi connectivity index (χ0) is 17.8. The fourth-order valence-electron chi connectivity index (χ4n) is 2.87. The van der Waals surface area contributed by atoms with Crippen molar-refractivity contribution in [2.75, 3.05) is 6.26 Å². The van der Waals surface area contributed by atoms with Crippen LogP contribution in [0.4, 0.5) is 0 Å². The number of fused-ring (bicyclic) bond motifs is 4. The minimum absolute atomic E-state index is 0.0802. The highest BCUT2D eigenvalue weighted by Crippen LogP contribution is 2.28. The van der Waals surface area contributed by atoms with Crippen LogP contribution in [0.5, 0.6) is 0 Å². The summed E-state index contributed by atoms with van der Waals surface area (Å²) in [5.41, 5.74) is 2.05. The lowest BCUT2D eigenvalue weighted by molar-refractivity contribution is 0.0699. The van der Waals surface area contributed by atoms with Crippen LogP contribution in [0.15, 0.2) is 53.4 Å². The third-order valence-electron chi connectivity index (χ3n) is 4.08. The monoisotopic (exact) mass is 352 g/mol. The highest BCUT2D eigenvalue weighted by Gasteiger charge is 2.14. The molecule has 4 rings (SSSR count). The van der Waals surface area contributed by atoms with E-state index in [-0.39, 0.29) is 10.5 Å². The fraction of sp³-hybridized carbons (Fsp3) is 0.0556. The summed E-state index contributed by atoms with van der Waals surface area (Å²) in [6.45, 7) is 0. The van der Waals surface area contributed by atoms with Crippen LogP contribution < -0.4 is 0 Å². The predicted octanol–water partition coefficient (Wildman–Crippen LogP) is 3.04. The van der Waals surface area contributed by atoms with E-state index in [1.807, 2.05) is 0 Å². The van der Waals surface area contributed by atoms with Crippen molar-refractivity contribution in [3.05, 3.63) is 54.1 Å². The number of hydrogen-bond donors (Lipinski definition) is 1. The Labute approximate surface area is 142 Å². The Bertz CT molecular complexity index is 1300. The van der Waals surface area contributed by atoms with Crippen molar-refractivity contribution in [1.29, 1.82) is 0 Å². The molecular formula is C18H12N2O4S. The molecule has 1 aromatic heterocycles. The average Bonchev–Trinajstić information content (AvgIpc) is 2.58. The zero-order valence-electron chi connectivity index (χ0n) is 13.1. The highest BCUT2D eigenvalue weighted by atomic mass is 32.2. The van der Waals surface area contributed by atoms with Crippen LogP contribution in [0.25, 0.3) is 32.8 Å². The molecule has 25 heavy (non-hydrogen) atoms. The number of aromatic carboxylic acids is 1. The molecule has 4 aromatic rings. The maximum atomic E-state index is 11.7. The van der Waals surface area contributed by atoms with Crippen molar-refractivity contribution in [3.8, 4) is 0 Å². The molecule has 3 aromatic carbocycles. The summed E-state index contributed by atoms with van der Waals surface area (Å²) >= 11 is 0. The number of aromatic nitrogens is 2. The van der Waals surface area contributed by atoms with Gasteiger partial charge in [-0.3, -0.25) is 0 Å². The summed E-state index contributed by atoms with van der Waals surface area (Å²) in [6.07, 6.45) is 1.15. The number of sulfone groups is 1. The maximum absolute atomic E-state index is 11.7. The second kappa shape index (κ2) is 5.22. The van der Waals surface area contributed by atoms with E-state index in [1.165, 1.54) is 12.1 Å². The van der Waals surface area contributed by atoms with Gasteiger partial charge in [0.15, 0.2) is 9.84 Å². The van der Waals surface area contributed by atoms with Crippen LogP contribution in [0.1, 0.15) is 10.4 Å². The predicted molar refractivity (Wildman–Crippen MR) is 94.6 cm³/mol. The van der Waals surface area contributed by atoms with Gasteiger partial charge in [0.2, 0.25) is 0 Å². The summed E-state index contributed by atoms with van der Waals surface area (Å²) in [5, 5.41) is 10.8. The molecule has 0 bridgehead atoms. The molecule has 0 aliphatic carbocycles. The van der Waals surface area contributed by atoms with Gasteiger partial charge in [-0.15, -0.1) is 0 Å².